The lowest BCUT2D eigenvalue weighted by atomic mass is 10.1. The summed E-state index contributed by atoms with van der Waals surface area (Å²) in [6.07, 6.45) is 0. The van der Waals surface area contributed by atoms with Crippen molar-refractivity contribution in [3.05, 3.63) is 54.5 Å². The molecule has 0 saturated carbocycles. The standard InChI is InChI=1S/C14H16ClN3O2S/c1-8(14-9(2)17-10(3)21-14)16-7-11-4-5-12(18(19)20)6-13(11)15/h4-6,8,16H,7H2,1-3H3. The number of halogens is 1. The Morgan fingerprint density at radius 1 is 1.48 bits per heavy atom. The molecule has 1 unspecified atom stereocenters. The van der Waals surface area contributed by atoms with Crippen molar-refractivity contribution in [1.29, 1.82) is 0 Å². The third kappa shape index (κ3) is 3.78. The number of nitro benzene ring substituents is 1. The number of hydrogen-bond acceptors (Lipinski definition) is 5. The quantitative estimate of drug-likeness (QED) is 0.661. The summed E-state index contributed by atoms with van der Waals surface area (Å²) in [6.45, 7) is 6.60. The molecule has 0 amide bonds. The Hall–Kier alpha value is -1.50. The summed E-state index contributed by atoms with van der Waals surface area (Å²) in [5.74, 6) is 0. The number of rotatable bonds is 5. The molecule has 0 fully saturated rings. The van der Waals surface area contributed by atoms with Gasteiger partial charge in [0.1, 0.15) is 0 Å². The molecule has 0 aliphatic rings. The predicted molar refractivity (Wildman–Crippen MR) is 84.9 cm³/mol. The Bertz CT molecular complexity index is 672. The van der Waals surface area contributed by atoms with E-state index in [1.807, 2.05) is 13.8 Å². The Labute approximate surface area is 132 Å². The van der Waals surface area contributed by atoms with E-state index < -0.39 is 4.92 Å². The fraction of sp³-hybridized carbons (Fsp3) is 0.357. The second kappa shape index (κ2) is 6.51. The van der Waals surface area contributed by atoms with Gasteiger partial charge >= 0.3 is 0 Å². The van der Waals surface area contributed by atoms with Crippen LogP contribution in [0.1, 0.15) is 34.1 Å². The number of nitro groups is 1. The summed E-state index contributed by atoms with van der Waals surface area (Å²) in [5, 5.41) is 15.5. The zero-order chi connectivity index (χ0) is 15.6. The molecule has 0 bridgehead atoms. The molecule has 1 aromatic heterocycles. The van der Waals surface area contributed by atoms with Crippen LogP contribution in [-0.4, -0.2) is 9.91 Å². The van der Waals surface area contributed by atoms with Gasteiger partial charge < -0.3 is 5.32 Å². The van der Waals surface area contributed by atoms with Crippen molar-refractivity contribution in [1.82, 2.24) is 10.3 Å². The maximum atomic E-state index is 10.7. The molecule has 0 saturated heterocycles. The third-order valence-electron chi connectivity index (χ3n) is 3.18. The van der Waals surface area contributed by atoms with E-state index in [0.29, 0.717) is 11.6 Å². The zero-order valence-corrected chi connectivity index (χ0v) is 13.6. The SMILES string of the molecule is Cc1nc(C)c(C(C)NCc2ccc([N+](=O)[O-])cc2Cl)s1. The summed E-state index contributed by atoms with van der Waals surface area (Å²) in [6, 6.07) is 4.69. The Morgan fingerprint density at radius 2 is 2.19 bits per heavy atom. The third-order valence-corrected chi connectivity index (χ3v) is 4.79. The van der Waals surface area contributed by atoms with Crippen molar-refractivity contribution in [2.75, 3.05) is 0 Å². The highest BCUT2D eigenvalue weighted by Gasteiger charge is 2.14. The van der Waals surface area contributed by atoms with Crippen LogP contribution in [-0.2, 0) is 6.54 Å². The van der Waals surface area contributed by atoms with E-state index in [9.17, 15) is 10.1 Å². The van der Waals surface area contributed by atoms with Crippen LogP contribution < -0.4 is 5.32 Å². The maximum absolute atomic E-state index is 10.7. The van der Waals surface area contributed by atoms with Gasteiger partial charge in [0, 0.05) is 29.6 Å². The van der Waals surface area contributed by atoms with E-state index in [1.54, 1.807) is 17.4 Å². The van der Waals surface area contributed by atoms with Gasteiger partial charge in [-0.3, -0.25) is 10.1 Å². The maximum Gasteiger partial charge on any atom is 0.270 e. The summed E-state index contributed by atoms with van der Waals surface area (Å²) < 4.78 is 0. The van der Waals surface area contributed by atoms with Crippen LogP contribution in [0.5, 0.6) is 0 Å². The van der Waals surface area contributed by atoms with Crippen molar-refractivity contribution in [3.63, 3.8) is 0 Å². The molecule has 0 aliphatic carbocycles. The van der Waals surface area contributed by atoms with Crippen molar-refractivity contribution >= 4 is 28.6 Å². The number of aromatic nitrogens is 1. The van der Waals surface area contributed by atoms with Gasteiger partial charge in [0.15, 0.2) is 0 Å². The Morgan fingerprint density at radius 3 is 2.71 bits per heavy atom. The molecule has 7 heteroatoms. The topological polar surface area (TPSA) is 68.1 Å². The molecule has 1 atom stereocenters. The fourth-order valence-corrected chi connectivity index (χ4v) is 3.29. The number of thiazole rings is 1. The Balaban J connectivity index is 2.06. The van der Waals surface area contributed by atoms with Crippen molar-refractivity contribution in [3.8, 4) is 0 Å². The lowest BCUT2D eigenvalue weighted by Gasteiger charge is -2.13. The average Bonchev–Trinajstić information content (AvgIpc) is 2.75. The van der Waals surface area contributed by atoms with Crippen LogP contribution in [0.15, 0.2) is 18.2 Å². The van der Waals surface area contributed by atoms with Gasteiger partial charge in [-0.25, -0.2) is 4.98 Å². The predicted octanol–water partition coefficient (Wildman–Crippen LogP) is 4.17. The number of aryl methyl sites for hydroxylation is 2. The largest absolute Gasteiger partial charge is 0.305 e. The van der Waals surface area contributed by atoms with E-state index in [0.717, 1.165) is 16.3 Å². The number of nitrogens with zero attached hydrogens (tertiary/aromatic N) is 2. The van der Waals surface area contributed by atoms with E-state index in [-0.39, 0.29) is 11.7 Å². The molecule has 0 spiro atoms. The number of hydrogen-bond donors (Lipinski definition) is 1. The van der Waals surface area contributed by atoms with E-state index in [4.69, 9.17) is 11.6 Å². The first-order valence-corrected chi connectivity index (χ1v) is 7.68. The zero-order valence-electron chi connectivity index (χ0n) is 12.0. The summed E-state index contributed by atoms with van der Waals surface area (Å²) in [7, 11) is 0. The molecular weight excluding hydrogens is 310 g/mol. The molecule has 1 aromatic carbocycles. The Kier molecular flexibility index (Phi) is 4.92. The summed E-state index contributed by atoms with van der Waals surface area (Å²) in [4.78, 5) is 15.8. The molecule has 2 rings (SSSR count). The highest BCUT2D eigenvalue weighted by molar-refractivity contribution is 7.11. The molecule has 0 radical (unpaired) electrons. The minimum Gasteiger partial charge on any atom is -0.305 e. The van der Waals surface area contributed by atoms with Crippen LogP contribution in [0.4, 0.5) is 5.69 Å². The highest BCUT2D eigenvalue weighted by Crippen LogP contribution is 2.26. The second-order valence-corrected chi connectivity index (χ2v) is 6.46. The van der Waals surface area contributed by atoms with Crippen molar-refractivity contribution in [2.45, 2.75) is 33.4 Å². The summed E-state index contributed by atoms with van der Waals surface area (Å²) >= 11 is 7.76. The highest BCUT2D eigenvalue weighted by atomic mass is 35.5. The van der Waals surface area contributed by atoms with Gasteiger partial charge in [0.05, 0.1) is 20.6 Å². The van der Waals surface area contributed by atoms with E-state index >= 15 is 0 Å². The molecule has 112 valence electrons. The molecule has 0 aliphatic heterocycles. The summed E-state index contributed by atoms with van der Waals surface area (Å²) in [5.41, 5.74) is 1.88. The smallest absolute Gasteiger partial charge is 0.270 e. The van der Waals surface area contributed by atoms with Crippen LogP contribution in [0.2, 0.25) is 5.02 Å². The van der Waals surface area contributed by atoms with Gasteiger partial charge in [-0.15, -0.1) is 11.3 Å². The number of non-ortho nitro benzene ring substituents is 1. The van der Waals surface area contributed by atoms with Crippen molar-refractivity contribution < 1.29 is 4.92 Å². The normalized spacial score (nSPS) is 12.4. The van der Waals surface area contributed by atoms with Gasteiger partial charge in [-0.05, 0) is 32.4 Å². The fourth-order valence-electron chi connectivity index (χ4n) is 2.10. The van der Waals surface area contributed by atoms with Gasteiger partial charge in [-0.2, -0.15) is 0 Å². The van der Waals surface area contributed by atoms with Gasteiger partial charge in [0.2, 0.25) is 0 Å². The van der Waals surface area contributed by atoms with Crippen molar-refractivity contribution in [2.24, 2.45) is 0 Å². The monoisotopic (exact) mass is 325 g/mol. The lowest BCUT2D eigenvalue weighted by Crippen LogP contribution is -2.18. The number of benzene rings is 1. The van der Waals surface area contributed by atoms with Crippen LogP contribution in [0, 0.1) is 24.0 Å². The van der Waals surface area contributed by atoms with E-state index in [2.05, 4.69) is 17.2 Å². The lowest BCUT2D eigenvalue weighted by molar-refractivity contribution is -0.384. The van der Waals surface area contributed by atoms with Gasteiger partial charge in [0.25, 0.3) is 5.69 Å². The first-order valence-electron chi connectivity index (χ1n) is 6.48. The molecule has 2 aromatic rings. The molecule has 5 nitrogen and oxygen atoms in total. The number of nitrogens with one attached hydrogen (secondary N) is 1. The second-order valence-electron chi connectivity index (χ2n) is 4.82. The van der Waals surface area contributed by atoms with Crippen LogP contribution >= 0.6 is 22.9 Å². The first-order chi connectivity index (χ1) is 9.88. The first kappa shape index (κ1) is 15.9. The minimum absolute atomic E-state index is 0.00530. The average molecular weight is 326 g/mol. The molecule has 1 heterocycles. The van der Waals surface area contributed by atoms with Crippen LogP contribution in [0.25, 0.3) is 0 Å². The van der Waals surface area contributed by atoms with Gasteiger partial charge in [-0.1, -0.05) is 11.6 Å². The minimum atomic E-state index is -0.449. The molecule has 21 heavy (non-hydrogen) atoms. The molecule has 1 N–H and O–H groups in total. The van der Waals surface area contributed by atoms with Crippen LogP contribution in [0.3, 0.4) is 0 Å². The van der Waals surface area contributed by atoms with E-state index in [1.165, 1.54) is 17.0 Å². The molecular formula is C14H16ClN3O2S.